The highest BCUT2D eigenvalue weighted by Gasteiger charge is 2.07. The number of hydrogen-bond donors (Lipinski definition) is 2. The molecular weight excluding hydrogens is 298 g/mol. The van der Waals surface area contributed by atoms with Crippen molar-refractivity contribution in [2.24, 2.45) is 0 Å². The summed E-state index contributed by atoms with van der Waals surface area (Å²) in [6, 6.07) is 8.10. The van der Waals surface area contributed by atoms with Gasteiger partial charge in [-0.3, -0.25) is 5.10 Å². The molecule has 0 aliphatic heterocycles. The molecule has 3 nitrogen and oxygen atoms in total. The maximum absolute atomic E-state index is 5.59. The summed E-state index contributed by atoms with van der Waals surface area (Å²) in [6.45, 7) is 4.36. The highest BCUT2D eigenvalue weighted by Crippen LogP contribution is 2.33. The van der Waals surface area contributed by atoms with E-state index in [0.717, 1.165) is 15.7 Å². The zero-order chi connectivity index (χ0) is 12.4. The van der Waals surface area contributed by atoms with E-state index in [1.54, 1.807) is 0 Å². The molecule has 1 aromatic carbocycles. The molecule has 0 spiro atoms. The van der Waals surface area contributed by atoms with Gasteiger partial charge in [-0.1, -0.05) is 19.9 Å². The summed E-state index contributed by atoms with van der Waals surface area (Å²) in [7, 11) is 0. The Morgan fingerprint density at radius 2 is 2.12 bits per heavy atom. The lowest BCUT2D eigenvalue weighted by Gasteiger charge is -2.08. The van der Waals surface area contributed by atoms with Crippen LogP contribution < -0.4 is 5.73 Å². The first-order valence-electron chi connectivity index (χ1n) is 5.33. The first-order chi connectivity index (χ1) is 8.06. The number of nitrogens with one attached hydrogen (secondary N) is 1. The van der Waals surface area contributed by atoms with Gasteiger partial charge in [-0.05, 0) is 28.1 Å². The minimum absolute atomic E-state index is 0.511. The predicted octanol–water partition coefficient (Wildman–Crippen LogP) is 3.92. The van der Waals surface area contributed by atoms with Gasteiger partial charge in [0.05, 0.1) is 5.69 Å². The van der Waals surface area contributed by atoms with E-state index in [4.69, 9.17) is 5.73 Å². The lowest BCUT2D eigenvalue weighted by atomic mass is 10.1. The number of H-pyrrole nitrogens is 1. The second-order valence-electron chi connectivity index (χ2n) is 4.02. The molecule has 0 aliphatic rings. The fourth-order valence-electron chi connectivity index (χ4n) is 1.50. The van der Waals surface area contributed by atoms with Crippen molar-refractivity contribution in [3.05, 3.63) is 28.7 Å². The van der Waals surface area contributed by atoms with Crippen LogP contribution in [0.2, 0.25) is 0 Å². The third-order valence-corrected chi connectivity index (χ3v) is 4.20. The standard InChI is InChI=1S/C12H14BrN3S/c1-7(2)17-11-4-3-8(5-9(11)13)10-6-12(14)16-15-10/h3-7H,1-2H3,(H3,14,15,16). The zero-order valence-corrected chi connectivity index (χ0v) is 12.1. The number of aromatic amines is 1. The van der Waals surface area contributed by atoms with Crippen molar-refractivity contribution in [2.45, 2.75) is 24.0 Å². The normalized spacial score (nSPS) is 11.1. The van der Waals surface area contributed by atoms with Gasteiger partial charge < -0.3 is 5.73 Å². The average molecular weight is 312 g/mol. The number of nitrogens with two attached hydrogens (primary N) is 1. The molecule has 17 heavy (non-hydrogen) atoms. The van der Waals surface area contributed by atoms with Gasteiger partial charge in [-0.25, -0.2) is 0 Å². The maximum atomic E-state index is 5.59. The molecule has 0 bridgehead atoms. The molecule has 2 aromatic rings. The van der Waals surface area contributed by atoms with Crippen LogP contribution in [0.4, 0.5) is 5.82 Å². The average Bonchev–Trinajstić information content (AvgIpc) is 2.67. The molecule has 2 rings (SSSR count). The quantitative estimate of drug-likeness (QED) is 0.845. The number of benzene rings is 1. The minimum Gasteiger partial charge on any atom is -0.382 e. The Morgan fingerprint density at radius 1 is 1.35 bits per heavy atom. The zero-order valence-electron chi connectivity index (χ0n) is 9.70. The van der Waals surface area contributed by atoms with Gasteiger partial charge in [-0.15, -0.1) is 11.8 Å². The Labute approximate surface area is 113 Å². The third kappa shape index (κ3) is 3.04. The number of aromatic nitrogens is 2. The Kier molecular flexibility index (Phi) is 3.79. The molecule has 0 aliphatic carbocycles. The van der Waals surface area contributed by atoms with Crippen molar-refractivity contribution in [3.8, 4) is 11.3 Å². The van der Waals surface area contributed by atoms with Crippen LogP contribution in [-0.4, -0.2) is 15.4 Å². The monoisotopic (exact) mass is 311 g/mol. The van der Waals surface area contributed by atoms with Crippen molar-refractivity contribution in [2.75, 3.05) is 5.73 Å². The Morgan fingerprint density at radius 3 is 2.65 bits per heavy atom. The van der Waals surface area contributed by atoms with Crippen molar-refractivity contribution >= 4 is 33.5 Å². The number of nitrogens with zero attached hydrogens (tertiary/aromatic N) is 1. The molecule has 0 amide bonds. The fourth-order valence-corrected chi connectivity index (χ4v) is 2.99. The van der Waals surface area contributed by atoms with Crippen molar-refractivity contribution < 1.29 is 0 Å². The molecule has 5 heteroatoms. The van der Waals surface area contributed by atoms with Crippen LogP contribution >= 0.6 is 27.7 Å². The van der Waals surface area contributed by atoms with E-state index in [9.17, 15) is 0 Å². The van der Waals surface area contributed by atoms with Crippen LogP contribution in [0.25, 0.3) is 11.3 Å². The van der Waals surface area contributed by atoms with E-state index in [1.807, 2.05) is 17.8 Å². The molecule has 0 unspecified atom stereocenters. The molecule has 0 atom stereocenters. The lowest BCUT2D eigenvalue weighted by molar-refractivity contribution is 1.10. The molecule has 0 saturated carbocycles. The number of thioether (sulfide) groups is 1. The summed E-state index contributed by atoms with van der Waals surface area (Å²) >= 11 is 5.43. The SMILES string of the molecule is CC(C)Sc1ccc(-c2cc(N)n[nH]2)cc1Br. The first kappa shape index (κ1) is 12.5. The van der Waals surface area contributed by atoms with E-state index < -0.39 is 0 Å². The number of halogens is 1. The summed E-state index contributed by atoms with van der Waals surface area (Å²) in [4.78, 5) is 1.25. The maximum Gasteiger partial charge on any atom is 0.145 e. The summed E-state index contributed by atoms with van der Waals surface area (Å²) in [6.07, 6.45) is 0. The molecule has 90 valence electrons. The second-order valence-corrected chi connectivity index (χ2v) is 6.49. The van der Waals surface area contributed by atoms with Crippen LogP contribution in [-0.2, 0) is 0 Å². The number of anilines is 1. The molecule has 0 saturated heterocycles. The highest BCUT2D eigenvalue weighted by molar-refractivity contribution is 9.10. The van der Waals surface area contributed by atoms with Crippen LogP contribution in [0.5, 0.6) is 0 Å². The molecule has 0 radical (unpaired) electrons. The van der Waals surface area contributed by atoms with Gasteiger partial charge in [0.15, 0.2) is 0 Å². The topological polar surface area (TPSA) is 54.7 Å². The number of rotatable bonds is 3. The Balaban J connectivity index is 2.30. The molecule has 0 fully saturated rings. The van der Waals surface area contributed by atoms with Gasteiger partial charge in [0.2, 0.25) is 0 Å². The van der Waals surface area contributed by atoms with Crippen LogP contribution in [0, 0.1) is 0 Å². The molecule has 3 N–H and O–H groups in total. The second kappa shape index (κ2) is 5.14. The molecular formula is C12H14BrN3S. The minimum atomic E-state index is 0.511. The first-order valence-corrected chi connectivity index (χ1v) is 7.01. The highest BCUT2D eigenvalue weighted by atomic mass is 79.9. The molecule has 1 aromatic heterocycles. The molecule has 1 heterocycles. The van der Waals surface area contributed by atoms with E-state index in [0.29, 0.717) is 11.1 Å². The number of hydrogen-bond acceptors (Lipinski definition) is 3. The van der Waals surface area contributed by atoms with Gasteiger partial charge in [0, 0.05) is 26.2 Å². The van der Waals surface area contributed by atoms with Gasteiger partial charge >= 0.3 is 0 Å². The number of nitrogen functional groups attached to an aromatic ring is 1. The van der Waals surface area contributed by atoms with E-state index >= 15 is 0 Å². The Hall–Kier alpha value is -0.940. The fraction of sp³-hybridized carbons (Fsp3) is 0.250. The van der Waals surface area contributed by atoms with Gasteiger partial charge in [0.25, 0.3) is 0 Å². The van der Waals surface area contributed by atoms with Crippen molar-refractivity contribution in [1.29, 1.82) is 0 Å². The summed E-state index contributed by atoms with van der Waals surface area (Å²) < 4.78 is 1.10. The van der Waals surface area contributed by atoms with Crippen LogP contribution in [0.15, 0.2) is 33.6 Å². The lowest BCUT2D eigenvalue weighted by Crippen LogP contribution is -1.87. The van der Waals surface area contributed by atoms with Crippen LogP contribution in [0.3, 0.4) is 0 Å². The summed E-state index contributed by atoms with van der Waals surface area (Å²) in [5.41, 5.74) is 7.60. The summed E-state index contributed by atoms with van der Waals surface area (Å²) in [5.74, 6) is 0.511. The van der Waals surface area contributed by atoms with Crippen molar-refractivity contribution in [3.63, 3.8) is 0 Å². The Bertz CT molecular complexity index is 522. The predicted molar refractivity (Wildman–Crippen MR) is 77.1 cm³/mol. The van der Waals surface area contributed by atoms with Gasteiger partial charge in [-0.2, -0.15) is 5.10 Å². The van der Waals surface area contributed by atoms with Crippen molar-refractivity contribution in [1.82, 2.24) is 10.2 Å². The van der Waals surface area contributed by atoms with E-state index in [-0.39, 0.29) is 0 Å². The largest absolute Gasteiger partial charge is 0.382 e. The van der Waals surface area contributed by atoms with Crippen LogP contribution in [0.1, 0.15) is 13.8 Å². The van der Waals surface area contributed by atoms with E-state index in [1.165, 1.54) is 4.90 Å². The summed E-state index contributed by atoms with van der Waals surface area (Å²) in [5, 5.41) is 7.40. The van der Waals surface area contributed by atoms with Gasteiger partial charge in [0.1, 0.15) is 5.82 Å². The smallest absolute Gasteiger partial charge is 0.145 e. The van der Waals surface area contributed by atoms with E-state index in [2.05, 4.69) is 58.2 Å². The third-order valence-electron chi connectivity index (χ3n) is 2.20.